The number of carbonyl (C=O) groups excluding carboxylic acids is 2. The van der Waals surface area contributed by atoms with E-state index in [1.165, 1.54) is 7.11 Å². The molecule has 0 heterocycles. The number of ether oxygens (including phenoxy) is 2. The molecule has 5 heteroatoms. The maximum atomic E-state index is 11.4. The zero-order valence-corrected chi connectivity index (χ0v) is 10.8. The highest BCUT2D eigenvalue weighted by molar-refractivity contribution is 5.74. The lowest BCUT2D eigenvalue weighted by molar-refractivity contribution is -0.145. The normalized spacial score (nSPS) is 14.9. The quantitative estimate of drug-likeness (QED) is 0.751. The second-order valence-corrected chi connectivity index (χ2v) is 4.75. The van der Waals surface area contributed by atoms with E-state index in [9.17, 15) is 9.59 Å². The summed E-state index contributed by atoms with van der Waals surface area (Å²) in [4.78, 5) is 22.6. The highest BCUT2D eigenvalue weighted by Gasteiger charge is 2.24. The zero-order valence-electron chi connectivity index (χ0n) is 10.8. The van der Waals surface area contributed by atoms with Crippen molar-refractivity contribution in [2.45, 2.75) is 46.3 Å². The number of amides is 1. The molecule has 0 aliphatic heterocycles. The average Bonchev–Trinajstić information content (AvgIpc) is 2.12. The van der Waals surface area contributed by atoms with Gasteiger partial charge in [-0.2, -0.15) is 0 Å². The summed E-state index contributed by atoms with van der Waals surface area (Å²) >= 11 is 0. The molecule has 0 saturated carbocycles. The third kappa shape index (κ3) is 5.58. The van der Waals surface area contributed by atoms with E-state index in [-0.39, 0.29) is 12.0 Å². The van der Waals surface area contributed by atoms with Gasteiger partial charge in [-0.25, -0.2) is 4.79 Å². The predicted molar refractivity (Wildman–Crippen MR) is 60.0 cm³/mol. The Labute approximate surface area is 96.5 Å². The van der Waals surface area contributed by atoms with E-state index in [0.29, 0.717) is 0 Å². The van der Waals surface area contributed by atoms with Crippen LogP contribution in [-0.4, -0.2) is 30.8 Å². The second-order valence-electron chi connectivity index (χ2n) is 4.75. The van der Waals surface area contributed by atoms with Crippen molar-refractivity contribution in [1.82, 2.24) is 5.32 Å². The van der Waals surface area contributed by atoms with Crippen molar-refractivity contribution in [3.05, 3.63) is 0 Å². The van der Waals surface area contributed by atoms with Crippen molar-refractivity contribution in [3.63, 3.8) is 0 Å². The average molecular weight is 231 g/mol. The highest BCUT2D eigenvalue weighted by Crippen LogP contribution is 2.09. The van der Waals surface area contributed by atoms with Crippen LogP contribution in [-0.2, 0) is 14.3 Å². The molecule has 1 N–H and O–H groups in total. The summed E-state index contributed by atoms with van der Waals surface area (Å²) in [5, 5.41) is 2.59. The monoisotopic (exact) mass is 231 g/mol. The third-order valence-electron chi connectivity index (χ3n) is 2.07. The molecule has 2 atom stereocenters. The van der Waals surface area contributed by atoms with Crippen LogP contribution in [0.5, 0.6) is 0 Å². The van der Waals surface area contributed by atoms with Gasteiger partial charge in [-0.05, 0) is 34.6 Å². The summed E-state index contributed by atoms with van der Waals surface area (Å²) in [6, 6.07) is -0.331. The van der Waals surface area contributed by atoms with Crippen LogP contribution in [0.4, 0.5) is 4.79 Å². The predicted octanol–water partition coefficient (Wildman–Crippen LogP) is 1.71. The van der Waals surface area contributed by atoms with Gasteiger partial charge in [0.2, 0.25) is 0 Å². The lowest BCUT2D eigenvalue weighted by Crippen LogP contribution is -2.43. The van der Waals surface area contributed by atoms with Crippen LogP contribution in [0.25, 0.3) is 0 Å². The van der Waals surface area contributed by atoms with E-state index in [4.69, 9.17) is 4.74 Å². The molecule has 0 saturated heterocycles. The maximum Gasteiger partial charge on any atom is 0.407 e. The second kappa shape index (κ2) is 5.72. The molecule has 0 aliphatic rings. The van der Waals surface area contributed by atoms with E-state index < -0.39 is 17.6 Å². The molecule has 16 heavy (non-hydrogen) atoms. The standard InChI is InChI=1S/C11H21NO4/c1-7(9(13)15-6)8(2)12-10(14)16-11(3,4)5/h7-8H,1-6H3,(H,12,14)/t7-,8-/m0/s1. The number of rotatable bonds is 3. The van der Waals surface area contributed by atoms with Gasteiger partial charge in [0.1, 0.15) is 5.60 Å². The molecule has 1 amide bonds. The number of carbonyl (C=O) groups is 2. The van der Waals surface area contributed by atoms with Crippen LogP contribution in [0.1, 0.15) is 34.6 Å². The molecule has 0 aromatic carbocycles. The van der Waals surface area contributed by atoms with Crippen molar-refractivity contribution in [1.29, 1.82) is 0 Å². The van der Waals surface area contributed by atoms with Gasteiger partial charge in [-0.3, -0.25) is 4.79 Å². The summed E-state index contributed by atoms with van der Waals surface area (Å²) in [6.45, 7) is 8.75. The van der Waals surface area contributed by atoms with E-state index in [1.807, 2.05) is 0 Å². The first-order valence-electron chi connectivity index (χ1n) is 5.24. The van der Waals surface area contributed by atoms with Crippen LogP contribution in [0.3, 0.4) is 0 Å². The summed E-state index contributed by atoms with van der Waals surface area (Å²) in [7, 11) is 1.32. The fourth-order valence-electron chi connectivity index (χ4n) is 1.01. The van der Waals surface area contributed by atoms with Crippen molar-refractivity contribution in [2.24, 2.45) is 5.92 Å². The van der Waals surface area contributed by atoms with Gasteiger partial charge in [0, 0.05) is 6.04 Å². The van der Waals surface area contributed by atoms with E-state index in [1.54, 1.807) is 34.6 Å². The lowest BCUT2D eigenvalue weighted by atomic mass is 10.0. The van der Waals surface area contributed by atoms with Gasteiger partial charge in [0.25, 0.3) is 0 Å². The Morgan fingerprint density at radius 1 is 1.19 bits per heavy atom. The molecular weight excluding hydrogens is 210 g/mol. The molecule has 5 nitrogen and oxygen atoms in total. The Hall–Kier alpha value is -1.26. The van der Waals surface area contributed by atoms with Crippen molar-refractivity contribution in [3.8, 4) is 0 Å². The Kier molecular flexibility index (Phi) is 5.27. The van der Waals surface area contributed by atoms with Crippen LogP contribution >= 0.6 is 0 Å². The Morgan fingerprint density at radius 2 is 1.69 bits per heavy atom. The molecule has 0 radical (unpaired) electrons. The molecule has 0 aliphatic carbocycles. The SMILES string of the molecule is COC(=O)[C@@H](C)[C@H](C)NC(=O)OC(C)(C)C. The molecule has 0 aromatic heterocycles. The van der Waals surface area contributed by atoms with Crippen LogP contribution < -0.4 is 5.32 Å². The number of hydrogen-bond acceptors (Lipinski definition) is 4. The van der Waals surface area contributed by atoms with E-state index in [2.05, 4.69) is 10.1 Å². The fourth-order valence-corrected chi connectivity index (χ4v) is 1.01. The molecule has 0 bridgehead atoms. The summed E-state index contributed by atoms with van der Waals surface area (Å²) in [5.41, 5.74) is -0.543. The molecule has 0 spiro atoms. The first-order valence-corrected chi connectivity index (χ1v) is 5.24. The Balaban J connectivity index is 4.19. The van der Waals surface area contributed by atoms with Crippen molar-refractivity contribution in [2.75, 3.05) is 7.11 Å². The van der Waals surface area contributed by atoms with E-state index >= 15 is 0 Å². The number of hydrogen-bond donors (Lipinski definition) is 1. The summed E-state index contributed by atoms with van der Waals surface area (Å²) in [5.74, 6) is -0.763. The smallest absolute Gasteiger partial charge is 0.407 e. The maximum absolute atomic E-state index is 11.4. The molecule has 0 fully saturated rings. The Bertz CT molecular complexity index is 257. The molecule has 0 aromatic rings. The molecule has 94 valence electrons. The summed E-state index contributed by atoms with van der Waals surface area (Å²) in [6.07, 6.45) is -0.532. The molecule has 0 unspecified atom stereocenters. The van der Waals surface area contributed by atoms with Crippen LogP contribution in [0.2, 0.25) is 0 Å². The molecular formula is C11H21NO4. The minimum Gasteiger partial charge on any atom is -0.469 e. The van der Waals surface area contributed by atoms with E-state index in [0.717, 1.165) is 0 Å². The highest BCUT2D eigenvalue weighted by atomic mass is 16.6. The van der Waals surface area contributed by atoms with Gasteiger partial charge < -0.3 is 14.8 Å². The van der Waals surface area contributed by atoms with Crippen molar-refractivity contribution < 1.29 is 19.1 Å². The number of methoxy groups -OCH3 is 1. The van der Waals surface area contributed by atoms with Gasteiger partial charge >= 0.3 is 12.1 Å². The largest absolute Gasteiger partial charge is 0.469 e. The van der Waals surface area contributed by atoms with Gasteiger partial charge in [0.05, 0.1) is 13.0 Å². The zero-order chi connectivity index (χ0) is 12.9. The van der Waals surface area contributed by atoms with Crippen LogP contribution in [0, 0.1) is 5.92 Å². The van der Waals surface area contributed by atoms with Gasteiger partial charge in [-0.15, -0.1) is 0 Å². The first-order chi connectivity index (χ1) is 7.17. The Morgan fingerprint density at radius 3 is 2.06 bits per heavy atom. The topological polar surface area (TPSA) is 64.6 Å². The number of nitrogens with one attached hydrogen (secondary N) is 1. The number of esters is 1. The van der Waals surface area contributed by atoms with Gasteiger partial charge in [-0.1, -0.05) is 0 Å². The third-order valence-corrected chi connectivity index (χ3v) is 2.07. The molecule has 0 rings (SSSR count). The minimum absolute atomic E-state index is 0.331. The van der Waals surface area contributed by atoms with Crippen LogP contribution in [0.15, 0.2) is 0 Å². The summed E-state index contributed by atoms with van der Waals surface area (Å²) < 4.78 is 9.65. The lowest BCUT2D eigenvalue weighted by Gasteiger charge is -2.23. The first kappa shape index (κ1) is 14.7. The fraction of sp³-hybridized carbons (Fsp3) is 0.818. The van der Waals surface area contributed by atoms with Crippen molar-refractivity contribution >= 4 is 12.1 Å². The minimum atomic E-state index is -0.543. The number of alkyl carbamates (subject to hydrolysis) is 1. The van der Waals surface area contributed by atoms with Gasteiger partial charge in [0.15, 0.2) is 0 Å².